The molecule has 1 unspecified atom stereocenters. The van der Waals surface area contributed by atoms with E-state index in [9.17, 15) is 14.4 Å². The number of nitrogens with zero attached hydrogens (tertiary/aromatic N) is 3. The Balaban J connectivity index is 2.22. The van der Waals surface area contributed by atoms with Crippen LogP contribution < -0.4 is 16.0 Å². The van der Waals surface area contributed by atoms with Gasteiger partial charge in [-0.1, -0.05) is 42.2 Å². The monoisotopic (exact) mass is 455 g/mol. The number of carbonyl (C=O) groups is 3. The minimum absolute atomic E-state index is 0.00911. The van der Waals surface area contributed by atoms with Crippen molar-refractivity contribution in [2.24, 2.45) is 11.7 Å². The number of alkyl halides is 2. The molecular formula is C19H23Cl2N5O4. The second-order valence-electron chi connectivity index (χ2n) is 6.78. The number of hydrogen-bond donors (Lipinski definition) is 2. The molecule has 3 N–H and O–H groups in total. The minimum Gasteiger partial charge on any atom is -0.355 e. The van der Waals surface area contributed by atoms with Crippen molar-refractivity contribution < 1.29 is 18.9 Å². The van der Waals surface area contributed by atoms with E-state index < -0.39 is 22.7 Å². The van der Waals surface area contributed by atoms with Crippen molar-refractivity contribution in [2.45, 2.75) is 31.1 Å². The van der Waals surface area contributed by atoms with Crippen molar-refractivity contribution >= 4 is 46.5 Å². The molecule has 30 heavy (non-hydrogen) atoms. The highest BCUT2D eigenvalue weighted by molar-refractivity contribution is 6.54. The lowest BCUT2D eigenvalue weighted by atomic mass is 9.97. The lowest BCUT2D eigenvalue weighted by Crippen LogP contribution is -2.47. The van der Waals surface area contributed by atoms with E-state index in [2.05, 4.69) is 15.5 Å². The average Bonchev–Trinajstić information content (AvgIpc) is 3.26. The van der Waals surface area contributed by atoms with Crippen LogP contribution in [0.15, 0.2) is 35.1 Å². The van der Waals surface area contributed by atoms with Crippen LogP contribution in [0.3, 0.4) is 0 Å². The molecular weight excluding hydrogens is 433 g/mol. The molecule has 2 heterocycles. The van der Waals surface area contributed by atoms with Crippen LogP contribution in [0, 0.1) is 5.92 Å². The molecule has 0 aliphatic rings. The van der Waals surface area contributed by atoms with Crippen molar-refractivity contribution in [3.63, 3.8) is 0 Å². The SMILES string of the molecule is CC(C)C(NC(=O)CN)C(=O)CCN(C(=O)C(Cl)Cl)c1ccnc(-c2ccno2)c1. The first-order valence-corrected chi connectivity index (χ1v) is 10.1. The third kappa shape index (κ3) is 6.25. The predicted molar refractivity (Wildman–Crippen MR) is 113 cm³/mol. The molecule has 0 fully saturated rings. The molecule has 0 aliphatic heterocycles. The molecule has 0 aliphatic carbocycles. The predicted octanol–water partition coefficient (Wildman–Crippen LogP) is 1.93. The molecule has 9 nitrogen and oxygen atoms in total. The molecule has 2 amide bonds. The maximum absolute atomic E-state index is 12.7. The molecule has 0 bridgehead atoms. The Labute approximate surface area is 183 Å². The summed E-state index contributed by atoms with van der Waals surface area (Å²) in [6.07, 6.45) is 2.94. The van der Waals surface area contributed by atoms with Gasteiger partial charge in [0.25, 0.3) is 5.91 Å². The number of nitrogens with one attached hydrogen (secondary N) is 1. The highest BCUT2D eigenvalue weighted by atomic mass is 35.5. The van der Waals surface area contributed by atoms with Crippen LogP contribution >= 0.6 is 23.2 Å². The van der Waals surface area contributed by atoms with Gasteiger partial charge in [0.05, 0.1) is 18.8 Å². The van der Waals surface area contributed by atoms with Crippen LogP contribution in [-0.2, 0) is 14.4 Å². The first-order chi connectivity index (χ1) is 14.2. The van der Waals surface area contributed by atoms with Crippen molar-refractivity contribution in [3.8, 4) is 11.5 Å². The summed E-state index contributed by atoms with van der Waals surface area (Å²) in [6.45, 7) is 3.41. The first kappa shape index (κ1) is 23.8. The standard InChI is InChI=1S/C19H23Cl2N5O4/c1-11(2)17(25-16(28)10-22)14(27)5-8-26(19(29)18(20)21)12-3-6-23-13(9-12)15-4-7-24-30-15/h3-4,6-7,9,11,17-18H,5,8,10,22H2,1-2H3,(H,25,28). The Bertz CT molecular complexity index is 874. The number of carbonyl (C=O) groups excluding carboxylic acids is 3. The zero-order chi connectivity index (χ0) is 22.3. The maximum atomic E-state index is 12.7. The van der Waals surface area contributed by atoms with Crippen LogP contribution in [0.4, 0.5) is 5.69 Å². The Hall–Kier alpha value is -2.49. The average molecular weight is 456 g/mol. The molecule has 11 heteroatoms. The van der Waals surface area contributed by atoms with Crippen LogP contribution in [-0.4, -0.2) is 51.7 Å². The van der Waals surface area contributed by atoms with E-state index in [1.165, 1.54) is 17.3 Å². The number of anilines is 1. The van der Waals surface area contributed by atoms with E-state index in [1.807, 2.05) is 13.8 Å². The van der Waals surface area contributed by atoms with Gasteiger partial charge in [0.2, 0.25) is 5.91 Å². The largest absolute Gasteiger partial charge is 0.355 e. The van der Waals surface area contributed by atoms with Crippen LogP contribution in [0.5, 0.6) is 0 Å². The smallest absolute Gasteiger partial charge is 0.260 e. The van der Waals surface area contributed by atoms with E-state index in [4.69, 9.17) is 33.5 Å². The molecule has 0 spiro atoms. The number of pyridine rings is 1. The molecule has 0 saturated heterocycles. The lowest BCUT2D eigenvalue weighted by Gasteiger charge is -2.26. The summed E-state index contributed by atoms with van der Waals surface area (Å²) in [4.78, 5) is 41.1. The van der Waals surface area contributed by atoms with Gasteiger partial charge in [-0.2, -0.15) is 0 Å². The van der Waals surface area contributed by atoms with Gasteiger partial charge in [-0.15, -0.1) is 0 Å². The van der Waals surface area contributed by atoms with Gasteiger partial charge in [0.15, 0.2) is 16.4 Å². The molecule has 1 atom stereocenters. The third-order valence-corrected chi connectivity index (χ3v) is 4.67. The number of hydrogen-bond acceptors (Lipinski definition) is 7. The number of ketones is 1. The molecule has 2 aromatic rings. The fourth-order valence-corrected chi connectivity index (χ4v) is 3.02. The number of rotatable bonds is 10. The third-order valence-electron chi connectivity index (χ3n) is 4.30. The number of aromatic nitrogens is 2. The summed E-state index contributed by atoms with van der Waals surface area (Å²) in [7, 11) is 0. The van der Waals surface area contributed by atoms with Crippen LogP contribution in [0.25, 0.3) is 11.5 Å². The zero-order valence-electron chi connectivity index (χ0n) is 16.5. The summed E-state index contributed by atoms with van der Waals surface area (Å²) in [6, 6.07) is 4.10. The van der Waals surface area contributed by atoms with Gasteiger partial charge in [-0.25, -0.2) is 0 Å². The zero-order valence-corrected chi connectivity index (χ0v) is 18.1. The quantitative estimate of drug-likeness (QED) is 0.522. The van der Waals surface area contributed by atoms with E-state index >= 15 is 0 Å². The second kappa shape index (κ2) is 11.1. The molecule has 0 saturated carbocycles. The second-order valence-corrected chi connectivity index (χ2v) is 7.87. The summed E-state index contributed by atoms with van der Waals surface area (Å²) >= 11 is 11.6. The number of halogens is 2. The van der Waals surface area contributed by atoms with Crippen molar-refractivity contribution in [3.05, 3.63) is 30.6 Å². The molecule has 2 aromatic heterocycles. The maximum Gasteiger partial charge on any atom is 0.260 e. The van der Waals surface area contributed by atoms with Crippen molar-refractivity contribution in [1.29, 1.82) is 0 Å². The lowest BCUT2D eigenvalue weighted by molar-refractivity contribution is -0.128. The normalized spacial score (nSPS) is 12.1. The highest BCUT2D eigenvalue weighted by Gasteiger charge is 2.27. The van der Waals surface area contributed by atoms with E-state index in [1.54, 1.807) is 18.2 Å². The topological polar surface area (TPSA) is 131 Å². The summed E-state index contributed by atoms with van der Waals surface area (Å²) in [5, 5.41) is 6.25. The van der Waals surface area contributed by atoms with E-state index in [0.717, 1.165) is 0 Å². The fraction of sp³-hybridized carbons (Fsp3) is 0.421. The summed E-state index contributed by atoms with van der Waals surface area (Å²) in [5.41, 5.74) is 6.21. The van der Waals surface area contributed by atoms with E-state index in [-0.39, 0.29) is 31.2 Å². The van der Waals surface area contributed by atoms with Gasteiger partial charge in [0.1, 0.15) is 5.69 Å². The van der Waals surface area contributed by atoms with Gasteiger partial charge in [-0.3, -0.25) is 19.4 Å². The Morgan fingerprint density at radius 2 is 1.97 bits per heavy atom. The van der Waals surface area contributed by atoms with Crippen molar-refractivity contribution in [1.82, 2.24) is 15.5 Å². The molecule has 0 radical (unpaired) electrons. The van der Waals surface area contributed by atoms with Gasteiger partial charge < -0.3 is 20.5 Å². The fourth-order valence-electron chi connectivity index (χ4n) is 2.78. The summed E-state index contributed by atoms with van der Waals surface area (Å²) in [5.74, 6) is -0.993. The molecule has 162 valence electrons. The Morgan fingerprint density at radius 3 is 2.53 bits per heavy atom. The number of Topliss-reactive ketones (excluding diaryl/α,β-unsaturated/α-hetero) is 1. The highest BCUT2D eigenvalue weighted by Crippen LogP contribution is 2.24. The molecule has 2 rings (SSSR count). The van der Waals surface area contributed by atoms with Gasteiger partial charge in [-0.05, 0) is 18.1 Å². The number of amides is 2. The molecule has 0 aromatic carbocycles. The van der Waals surface area contributed by atoms with Crippen molar-refractivity contribution in [2.75, 3.05) is 18.0 Å². The van der Waals surface area contributed by atoms with E-state index in [0.29, 0.717) is 17.1 Å². The van der Waals surface area contributed by atoms with Crippen LogP contribution in [0.1, 0.15) is 20.3 Å². The number of nitrogens with two attached hydrogens (primary N) is 1. The minimum atomic E-state index is -1.32. The first-order valence-electron chi connectivity index (χ1n) is 9.23. The van der Waals surface area contributed by atoms with Gasteiger partial charge in [0, 0.05) is 30.9 Å². The van der Waals surface area contributed by atoms with Crippen LogP contribution in [0.2, 0.25) is 0 Å². The van der Waals surface area contributed by atoms with Gasteiger partial charge >= 0.3 is 0 Å². The summed E-state index contributed by atoms with van der Waals surface area (Å²) < 4.78 is 5.09. The Kier molecular flexibility index (Phi) is 8.76. The Morgan fingerprint density at radius 1 is 1.23 bits per heavy atom.